The molecule has 0 spiro atoms. The third kappa shape index (κ3) is 4.37. The fraction of sp³-hybridized carbons (Fsp3) is 0.364. The summed E-state index contributed by atoms with van der Waals surface area (Å²) in [7, 11) is 4.19. The number of anilines is 1. The van der Waals surface area contributed by atoms with Gasteiger partial charge in [-0.3, -0.25) is 9.79 Å². The van der Waals surface area contributed by atoms with Gasteiger partial charge in [-0.1, -0.05) is 30.0 Å². The molecule has 1 unspecified atom stereocenters. The van der Waals surface area contributed by atoms with Gasteiger partial charge >= 0.3 is 0 Å². The molecule has 0 saturated carbocycles. The Balaban J connectivity index is 1.31. The predicted octanol–water partition coefficient (Wildman–Crippen LogP) is 4.01. The van der Waals surface area contributed by atoms with Crippen LogP contribution in [0.1, 0.15) is 5.69 Å². The number of H-pyrrole nitrogens is 1. The van der Waals surface area contributed by atoms with Crippen molar-refractivity contribution in [2.75, 3.05) is 51.1 Å². The Kier molecular flexibility index (Phi) is 6.01. The van der Waals surface area contributed by atoms with Gasteiger partial charge in [0.2, 0.25) is 5.91 Å². The molecular weight excluding hydrogens is 446 g/mol. The van der Waals surface area contributed by atoms with Crippen molar-refractivity contribution in [3.8, 4) is 0 Å². The van der Waals surface area contributed by atoms with Crippen molar-refractivity contribution in [1.29, 1.82) is 0 Å². The molecule has 6 nitrogen and oxygen atoms in total. The summed E-state index contributed by atoms with van der Waals surface area (Å²) in [4.78, 5) is 25.5. The molecule has 1 N–H and O–H groups in total. The molecular formula is C22H25N5OS3. The van der Waals surface area contributed by atoms with Gasteiger partial charge in [0.15, 0.2) is 0 Å². The van der Waals surface area contributed by atoms with Crippen LogP contribution in [0.4, 0.5) is 5.69 Å². The van der Waals surface area contributed by atoms with Gasteiger partial charge in [-0.15, -0.1) is 11.3 Å². The normalized spacial score (nSPS) is 19.7. The summed E-state index contributed by atoms with van der Waals surface area (Å²) < 4.78 is 3.45. The zero-order chi connectivity index (χ0) is 21.4. The number of aromatic nitrogens is 1. The minimum absolute atomic E-state index is 0.110. The van der Waals surface area contributed by atoms with Gasteiger partial charge in [0.25, 0.3) is 0 Å². The number of hydrogen-bond donors (Lipinski definition) is 1. The number of thiophene rings is 1. The number of hydrogen-bond acceptors (Lipinski definition) is 7. The van der Waals surface area contributed by atoms with Crippen molar-refractivity contribution in [3.63, 3.8) is 0 Å². The van der Waals surface area contributed by atoms with Crippen LogP contribution in [0.15, 0.2) is 51.0 Å². The molecule has 0 radical (unpaired) electrons. The van der Waals surface area contributed by atoms with Crippen molar-refractivity contribution in [1.82, 2.24) is 14.8 Å². The number of nitrogens with zero attached hydrogens (tertiary/aromatic N) is 4. The molecule has 162 valence electrons. The van der Waals surface area contributed by atoms with Crippen molar-refractivity contribution in [3.05, 3.63) is 47.5 Å². The number of aromatic amines is 1. The summed E-state index contributed by atoms with van der Waals surface area (Å²) in [5, 5.41) is 4.08. The maximum Gasteiger partial charge on any atom is 0.238 e. The van der Waals surface area contributed by atoms with Crippen LogP contribution in [0, 0.1) is 0 Å². The maximum absolute atomic E-state index is 12.9. The van der Waals surface area contributed by atoms with Gasteiger partial charge in [-0.05, 0) is 42.6 Å². The summed E-state index contributed by atoms with van der Waals surface area (Å²) in [5.41, 5.74) is 3.23. The highest BCUT2D eigenvalue weighted by atomic mass is 32.2. The number of thioether (sulfide) groups is 1. The molecule has 5 rings (SSSR count). The molecule has 1 saturated heterocycles. The topological polar surface area (TPSA) is 54.9 Å². The number of aliphatic imine (C=N–C) groups is 1. The van der Waals surface area contributed by atoms with Gasteiger partial charge in [-0.25, -0.2) is 0 Å². The Morgan fingerprint density at radius 2 is 2.06 bits per heavy atom. The number of piperazine rings is 1. The second-order valence-electron chi connectivity index (χ2n) is 7.83. The SMILES string of the molecule is CN1CCN(C(=O)C2CN=C(c3cc4cccc(N(C)Sc5cccs5)c4[nH]3)S2)CC1. The Morgan fingerprint density at radius 1 is 1.23 bits per heavy atom. The number of rotatable bonds is 5. The van der Waals surface area contributed by atoms with E-state index < -0.39 is 0 Å². The number of para-hydroxylation sites is 1. The van der Waals surface area contributed by atoms with Crippen LogP contribution in [0.2, 0.25) is 0 Å². The molecule has 1 atom stereocenters. The van der Waals surface area contributed by atoms with Gasteiger partial charge in [-0.2, -0.15) is 0 Å². The molecule has 0 aliphatic carbocycles. The van der Waals surface area contributed by atoms with Crippen molar-refractivity contribution in [2.45, 2.75) is 9.46 Å². The summed E-state index contributed by atoms with van der Waals surface area (Å²) in [6, 6.07) is 12.7. The Bertz CT molecular complexity index is 1100. The van der Waals surface area contributed by atoms with E-state index >= 15 is 0 Å². The molecule has 9 heteroatoms. The van der Waals surface area contributed by atoms with E-state index in [9.17, 15) is 4.79 Å². The first kappa shape index (κ1) is 20.9. The zero-order valence-electron chi connectivity index (χ0n) is 17.6. The highest BCUT2D eigenvalue weighted by Gasteiger charge is 2.32. The minimum Gasteiger partial charge on any atom is -0.351 e. The Morgan fingerprint density at radius 3 is 2.84 bits per heavy atom. The molecule has 4 heterocycles. The molecule has 0 bridgehead atoms. The van der Waals surface area contributed by atoms with Crippen molar-refractivity contribution >= 4 is 62.6 Å². The van der Waals surface area contributed by atoms with E-state index in [0.29, 0.717) is 6.54 Å². The number of carbonyl (C=O) groups is 1. The number of likely N-dealkylation sites (N-methyl/N-ethyl adjacent to an activating group) is 1. The first-order chi connectivity index (χ1) is 15.1. The number of benzene rings is 1. The van der Waals surface area contributed by atoms with E-state index in [1.807, 2.05) is 4.90 Å². The quantitative estimate of drug-likeness (QED) is 0.570. The molecule has 3 aromatic rings. The van der Waals surface area contributed by atoms with Crippen molar-refractivity contribution in [2.24, 2.45) is 4.99 Å². The van der Waals surface area contributed by atoms with Gasteiger partial charge in [0.1, 0.15) is 10.3 Å². The zero-order valence-corrected chi connectivity index (χ0v) is 20.0. The lowest BCUT2D eigenvalue weighted by atomic mass is 10.2. The van der Waals surface area contributed by atoms with Gasteiger partial charge in [0.05, 0.1) is 27.7 Å². The molecule has 2 aliphatic heterocycles. The van der Waals surface area contributed by atoms with Crippen LogP contribution in [0.5, 0.6) is 0 Å². The maximum atomic E-state index is 12.9. The summed E-state index contributed by atoms with van der Waals surface area (Å²) >= 11 is 5.06. The standard InChI is InChI=1S/C22H25N5OS3/c1-25-8-10-27(11-9-25)22(28)18-14-23-21(30-18)16-13-15-5-3-6-17(20(15)24-16)26(2)31-19-7-4-12-29-19/h3-7,12-13,18,24H,8-11,14H2,1-2H3. The Hall–Kier alpha value is -1.94. The lowest BCUT2D eigenvalue weighted by molar-refractivity contribution is -0.131. The van der Waals surface area contributed by atoms with Crippen LogP contribution in [-0.4, -0.2) is 77.8 Å². The number of nitrogens with one attached hydrogen (secondary N) is 1. The molecule has 1 amide bonds. The Labute approximate surface area is 194 Å². The predicted molar refractivity (Wildman–Crippen MR) is 134 cm³/mol. The highest BCUT2D eigenvalue weighted by molar-refractivity contribution is 8.15. The van der Waals surface area contributed by atoms with E-state index in [-0.39, 0.29) is 11.2 Å². The molecule has 1 aromatic carbocycles. The van der Waals surface area contributed by atoms with Crippen LogP contribution in [-0.2, 0) is 4.79 Å². The van der Waals surface area contributed by atoms with Gasteiger partial charge in [0, 0.05) is 38.6 Å². The first-order valence-electron chi connectivity index (χ1n) is 10.3. The summed E-state index contributed by atoms with van der Waals surface area (Å²) in [5.74, 6) is 0.223. The lowest BCUT2D eigenvalue weighted by Gasteiger charge is -2.33. The number of amides is 1. The van der Waals surface area contributed by atoms with Gasteiger partial charge < -0.3 is 19.1 Å². The van der Waals surface area contributed by atoms with E-state index in [4.69, 9.17) is 4.99 Å². The minimum atomic E-state index is -0.110. The second-order valence-corrected chi connectivity index (χ2v) is 11.4. The van der Waals surface area contributed by atoms with Crippen LogP contribution in [0.3, 0.4) is 0 Å². The van der Waals surface area contributed by atoms with Crippen LogP contribution >= 0.6 is 35.0 Å². The third-order valence-electron chi connectivity index (χ3n) is 5.67. The van der Waals surface area contributed by atoms with E-state index in [2.05, 4.69) is 70.1 Å². The fourth-order valence-corrected chi connectivity index (χ4v) is 6.74. The summed E-state index contributed by atoms with van der Waals surface area (Å²) in [6.07, 6.45) is 0. The lowest BCUT2D eigenvalue weighted by Crippen LogP contribution is -2.49. The summed E-state index contributed by atoms with van der Waals surface area (Å²) in [6.45, 7) is 4.07. The molecule has 31 heavy (non-hydrogen) atoms. The largest absolute Gasteiger partial charge is 0.351 e. The average Bonchev–Trinajstić information content (AvgIpc) is 3.53. The average molecular weight is 472 g/mol. The fourth-order valence-electron chi connectivity index (χ4n) is 3.90. The second kappa shape index (κ2) is 8.90. The van der Waals surface area contributed by atoms with Crippen LogP contribution < -0.4 is 4.31 Å². The monoisotopic (exact) mass is 471 g/mol. The molecule has 2 aromatic heterocycles. The van der Waals surface area contributed by atoms with E-state index in [0.717, 1.165) is 53.5 Å². The smallest absolute Gasteiger partial charge is 0.238 e. The van der Waals surface area contributed by atoms with Crippen molar-refractivity contribution < 1.29 is 4.79 Å². The number of carbonyl (C=O) groups excluding carboxylic acids is 1. The molecule has 1 fully saturated rings. The van der Waals surface area contributed by atoms with E-state index in [1.165, 1.54) is 4.21 Å². The highest BCUT2D eigenvalue weighted by Crippen LogP contribution is 2.36. The van der Waals surface area contributed by atoms with E-state index in [1.54, 1.807) is 35.0 Å². The number of fused-ring (bicyclic) bond motifs is 1. The van der Waals surface area contributed by atoms with Crippen LogP contribution in [0.25, 0.3) is 10.9 Å². The third-order valence-corrected chi connectivity index (χ3v) is 8.84. The first-order valence-corrected chi connectivity index (χ1v) is 12.9. The molecule has 2 aliphatic rings.